The van der Waals surface area contributed by atoms with Crippen LogP contribution in [0.25, 0.3) is 10.9 Å². The van der Waals surface area contributed by atoms with Crippen LogP contribution in [-0.4, -0.2) is 27.7 Å². The molecule has 0 unspecified atom stereocenters. The van der Waals surface area contributed by atoms with Crippen molar-refractivity contribution in [3.05, 3.63) is 41.6 Å². The van der Waals surface area contributed by atoms with Crippen LogP contribution in [0.1, 0.15) is 36.7 Å². The van der Waals surface area contributed by atoms with E-state index >= 15 is 0 Å². The summed E-state index contributed by atoms with van der Waals surface area (Å²) in [6.45, 7) is 5.44. The van der Waals surface area contributed by atoms with Crippen molar-refractivity contribution in [2.45, 2.75) is 32.8 Å². The number of amides is 1. The Labute approximate surface area is 128 Å². The molecule has 116 valence electrons. The molecule has 0 saturated carbocycles. The Morgan fingerprint density at radius 2 is 2.00 bits per heavy atom. The number of pyridine rings is 1. The number of esters is 1. The fraction of sp³-hybridized carbons (Fsp3) is 0.312. The molecule has 6 heteroatoms. The number of benzene rings is 1. The van der Waals surface area contributed by atoms with Crippen molar-refractivity contribution in [2.24, 2.45) is 0 Å². The highest BCUT2D eigenvalue weighted by Crippen LogP contribution is 2.17. The molecule has 1 aromatic heterocycles. The van der Waals surface area contributed by atoms with Gasteiger partial charge in [-0.1, -0.05) is 6.07 Å². The lowest BCUT2D eigenvalue weighted by molar-refractivity contribution is -0.153. The quantitative estimate of drug-likeness (QED) is 0.515. The molecule has 0 aliphatic heterocycles. The molecule has 0 aliphatic carbocycles. The smallest absolute Gasteiger partial charge is 0.310 e. The molecule has 2 aromatic rings. The standard InChI is InChI=1S/C16H18N2O4/c1-16(2,3)22-14(19)7-10-4-5-13-11(6-10)8-12(9-17-13)15(20)18-21/h4-6,8-9,21H,7H2,1-3H3,(H,18,20). The van der Waals surface area contributed by atoms with E-state index in [0.29, 0.717) is 10.9 Å². The molecule has 0 bridgehead atoms. The number of rotatable bonds is 3. The molecule has 6 nitrogen and oxygen atoms in total. The Morgan fingerprint density at radius 1 is 1.27 bits per heavy atom. The second-order valence-electron chi connectivity index (χ2n) is 5.96. The van der Waals surface area contributed by atoms with Gasteiger partial charge >= 0.3 is 5.97 Å². The van der Waals surface area contributed by atoms with Crippen molar-refractivity contribution < 1.29 is 19.5 Å². The van der Waals surface area contributed by atoms with E-state index in [1.807, 2.05) is 20.8 Å². The van der Waals surface area contributed by atoms with Gasteiger partial charge in [-0.3, -0.25) is 19.8 Å². The molecule has 0 aliphatic rings. The van der Waals surface area contributed by atoms with Crippen LogP contribution in [0.4, 0.5) is 0 Å². The summed E-state index contributed by atoms with van der Waals surface area (Å²) in [5.74, 6) is -0.948. The summed E-state index contributed by atoms with van der Waals surface area (Å²) in [6, 6.07) is 6.95. The van der Waals surface area contributed by atoms with Crippen molar-refractivity contribution in [2.75, 3.05) is 0 Å². The van der Waals surface area contributed by atoms with Crippen LogP contribution in [0, 0.1) is 0 Å². The van der Waals surface area contributed by atoms with Crippen LogP contribution in [0.2, 0.25) is 0 Å². The molecule has 1 heterocycles. The summed E-state index contributed by atoms with van der Waals surface area (Å²) in [6.07, 6.45) is 1.52. The number of ether oxygens (including phenoxy) is 1. The Hall–Kier alpha value is -2.47. The van der Waals surface area contributed by atoms with E-state index in [-0.39, 0.29) is 18.0 Å². The van der Waals surface area contributed by atoms with Crippen LogP contribution >= 0.6 is 0 Å². The minimum absolute atomic E-state index is 0.142. The van der Waals surface area contributed by atoms with Gasteiger partial charge in [0.15, 0.2) is 0 Å². The van der Waals surface area contributed by atoms with Crippen LogP contribution in [0.5, 0.6) is 0 Å². The molecule has 2 rings (SSSR count). The van der Waals surface area contributed by atoms with Crippen molar-refractivity contribution in [3.63, 3.8) is 0 Å². The summed E-state index contributed by atoms with van der Waals surface area (Å²) in [7, 11) is 0. The van der Waals surface area contributed by atoms with Crippen LogP contribution in [0.3, 0.4) is 0 Å². The van der Waals surface area contributed by atoms with Gasteiger partial charge in [0.05, 0.1) is 17.5 Å². The van der Waals surface area contributed by atoms with E-state index in [9.17, 15) is 9.59 Å². The van der Waals surface area contributed by atoms with Crippen molar-refractivity contribution in [1.29, 1.82) is 0 Å². The molecule has 0 fully saturated rings. The lowest BCUT2D eigenvalue weighted by atomic mass is 10.1. The molecule has 2 N–H and O–H groups in total. The highest BCUT2D eigenvalue weighted by atomic mass is 16.6. The topological polar surface area (TPSA) is 88.5 Å². The summed E-state index contributed by atoms with van der Waals surface area (Å²) in [5, 5.41) is 9.36. The third kappa shape index (κ3) is 4.02. The highest BCUT2D eigenvalue weighted by Gasteiger charge is 2.16. The second-order valence-corrected chi connectivity index (χ2v) is 5.96. The van der Waals surface area contributed by atoms with E-state index in [1.54, 1.807) is 29.7 Å². The first-order valence-electron chi connectivity index (χ1n) is 6.83. The van der Waals surface area contributed by atoms with E-state index in [1.165, 1.54) is 6.20 Å². The number of nitrogens with zero attached hydrogens (tertiary/aromatic N) is 1. The highest BCUT2D eigenvalue weighted by molar-refractivity contribution is 5.96. The Bertz CT molecular complexity index is 720. The van der Waals surface area contributed by atoms with Gasteiger partial charge in [-0.25, -0.2) is 5.48 Å². The summed E-state index contributed by atoms with van der Waals surface area (Å²) < 4.78 is 5.28. The molecule has 1 aromatic carbocycles. The van der Waals surface area contributed by atoms with Gasteiger partial charge in [0.2, 0.25) is 0 Å². The van der Waals surface area contributed by atoms with Gasteiger partial charge < -0.3 is 4.74 Å². The van der Waals surface area contributed by atoms with E-state index in [0.717, 1.165) is 5.56 Å². The van der Waals surface area contributed by atoms with Gasteiger partial charge in [-0.15, -0.1) is 0 Å². The van der Waals surface area contributed by atoms with Crippen molar-refractivity contribution in [3.8, 4) is 0 Å². The third-order valence-electron chi connectivity index (χ3n) is 2.88. The Kier molecular flexibility index (Phi) is 4.42. The molecule has 0 saturated heterocycles. The summed E-state index contributed by atoms with van der Waals surface area (Å²) in [4.78, 5) is 27.4. The Morgan fingerprint density at radius 3 is 2.64 bits per heavy atom. The zero-order valence-electron chi connectivity index (χ0n) is 12.7. The number of aromatic nitrogens is 1. The maximum absolute atomic E-state index is 11.9. The van der Waals surface area contributed by atoms with E-state index in [2.05, 4.69) is 4.98 Å². The number of hydrogen-bond acceptors (Lipinski definition) is 5. The molecule has 0 radical (unpaired) electrons. The summed E-state index contributed by atoms with van der Waals surface area (Å²) in [5.41, 5.74) is 2.75. The fourth-order valence-electron chi connectivity index (χ4n) is 2.02. The molecule has 1 amide bonds. The fourth-order valence-corrected chi connectivity index (χ4v) is 2.02. The van der Waals surface area contributed by atoms with Crippen molar-refractivity contribution >= 4 is 22.8 Å². The van der Waals surface area contributed by atoms with Gasteiger partial charge in [0, 0.05) is 11.6 Å². The number of nitrogens with one attached hydrogen (secondary N) is 1. The van der Waals surface area contributed by atoms with Gasteiger partial charge in [0.1, 0.15) is 5.60 Å². The average Bonchev–Trinajstić information content (AvgIpc) is 2.43. The Balaban J connectivity index is 2.25. The lowest BCUT2D eigenvalue weighted by Crippen LogP contribution is -2.24. The first-order chi connectivity index (χ1) is 10.3. The zero-order chi connectivity index (χ0) is 16.3. The largest absolute Gasteiger partial charge is 0.460 e. The predicted molar refractivity (Wildman–Crippen MR) is 80.5 cm³/mol. The number of fused-ring (bicyclic) bond motifs is 1. The minimum Gasteiger partial charge on any atom is -0.460 e. The van der Waals surface area contributed by atoms with Crippen LogP contribution in [0.15, 0.2) is 30.5 Å². The molecular formula is C16H18N2O4. The molecular weight excluding hydrogens is 284 g/mol. The SMILES string of the molecule is CC(C)(C)OC(=O)Cc1ccc2ncc(C(=O)NO)cc2c1. The first-order valence-corrected chi connectivity index (χ1v) is 6.83. The van der Waals surface area contributed by atoms with Gasteiger partial charge in [0.25, 0.3) is 5.91 Å². The second kappa shape index (κ2) is 6.11. The number of hydrogen-bond donors (Lipinski definition) is 2. The monoisotopic (exact) mass is 302 g/mol. The van der Waals surface area contributed by atoms with Gasteiger partial charge in [-0.2, -0.15) is 0 Å². The first kappa shape index (κ1) is 15.9. The summed E-state index contributed by atoms with van der Waals surface area (Å²) >= 11 is 0. The maximum atomic E-state index is 11.9. The predicted octanol–water partition coefficient (Wildman–Crippen LogP) is 2.24. The lowest BCUT2D eigenvalue weighted by Gasteiger charge is -2.19. The number of carbonyl (C=O) groups is 2. The van der Waals surface area contributed by atoms with Crippen molar-refractivity contribution in [1.82, 2.24) is 10.5 Å². The molecule has 22 heavy (non-hydrogen) atoms. The normalized spacial score (nSPS) is 11.3. The molecule has 0 spiro atoms. The number of carbonyl (C=O) groups excluding carboxylic acids is 2. The third-order valence-corrected chi connectivity index (χ3v) is 2.88. The van der Waals surface area contributed by atoms with Crippen LogP contribution < -0.4 is 5.48 Å². The van der Waals surface area contributed by atoms with Crippen LogP contribution in [-0.2, 0) is 16.0 Å². The van der Waals surface area contributed by atoms with Gasteiger partial charge in [-0.05, 0) is 44.5 Å². The van der Waals surface area contributed by atoms with E-state index < -0.39 is 11.5 Å². The maximum Gasteiger partial charge on any atom is 0.310 e. The zero-order valence-corrected chi connectivity index (χ0v) is 12.7. The minimum atomic E-state index is -0.632. The van der Waals surface area contributed by atoms with E-state index in [4.69, 9.17) is 9.94 Å². The molecule has 0 atom stereocenters. The number of hydroxylamine groups is 1. The average molecular weight is 302 g/mol.